The summed E-state index contributed by atoms with van der Waals surface area (Å²) in [7, 11) is 1.47. The van der Waals surface area contributed by atoms with E-state index in [1.807, 2.05) is 6.07 Å². The number of nitrogens with one attached hydrogen (secondary N) is 1. The molecular weight excluding hydrogens is 219 g/mol. The molecule has 0 aliphatic carbocycles. The number of ether oxygens (including phenoxy) is 1. The fourth-order valence-electron chi connectivity index (χ4n) is 1.62. The number of rotatable bonds is 8. The lowest BCUT2D eigenvalue weighted by Crippen LogP contribution is -2.19. The fraction of sp³-hybridized carbons (Fsp3) is 0.538. The Labute approximate surface area is 102 Å². The minimum atomic E-state index is -0.298. The third-order valence-electron chi connectivity index (χ3n) is 2.61. The molecule has 0 saturated heterocycles. The van der Waals surface area contributed by atoms with Crippen LogP contribution in [0.4, 0.5) is 4.39 Å². The summed E-state index contributed by atoms with van der Waals surface area (Å²) >= 11 is 0. The standard InChI is InChI=1S/C13H21FN2O/c1-17-13-5-4-11(10-12(13)14)6-9-16-8-3-2-7-15/h4-5,10,16H,2-3,6-9,15H2,1H3. The van der Waals surface area contributed by atoms with Crippen molar-refractivity contribution in [2.45, 2.75) is 19.3 Å². The van der Waals surface area contributed by atoms with Gasteiger partial charge in [-0.25, -0.2) is 4.39 Å². The SMILES string of the molecule is COc1ccc(CCNCCCCN)cc1F. The van der Waals surface area contributed by atoms with Crippen molar-refractivity contribution in [2.75, 3.05) is 26.7 Å². The van der Waals surface area contributed by atoms with Crippen LogP contribution in [0.25, 0.3) is 0 Å². The Balaban J connectivity index is 2.25. The lowest BCUT2D eigenvalue weighted by molar-refractivity contribution is 0.386. The monoisotopic (exact) mass is 240 g/mol. The molecule has 0 atom stereocenters. The van der Waals surface area contributed by atoms with Crippen molar-refractivity contribution in [1.29, 1.82) is 0 Å². The van der Waals surface area contributed by atoms with Crippen molar-refractivity contribution in [3.63, 3.8) is 0 Å². The summed E-state index contributed by atoms with van der Waals surface area (Å²) in [4.78, 5) is 0. The molecule has 0 amide bonds. The van der Waals surface area contributed by atoms with Gasteiger partial charge in [0.25, 0.3) is 0 Å². The minimum absolute atomic E-state index is 0.296. The van der Waals surface area contributed by atoms with Crippen LogP contribution in [-0.2, 0) is 6.42 Å². The van der Waals surface area contributed by atoms with Gasteiger partial charge >= 0.3 is 0 Å². The lowest BCUT2D eigenvalue weighted by atomic mass is 10.1. The molecule has 0 saturated carbocycles. The van der Waals surface area contributed by atoms with Crippen LogP contribution >= 0.6 is 0 Å². The summed E-state index contributed by atoms with van der Waals surface area (Å²) in [6.45, 7) is 2.57. The topological polar surface area (TPSA) is 47.3 Å². The molecule has 3 nitrogen and oxygen atoms in total. The maximum Gasteiger partial charge on any atom is 0.165 e. The third kappa shape index (κ3) is 5.15. The Morgan fingerprint density at radius 2 is 2.12 bits per heavy atom. The van der Waals surface area contributed by atoms with Crippen molar-refractivity contribution < 1.29 is 9.13 Å². The first kappa shape index (κ1) is 13.9. The average Bonchev–Trinajstić information content (AvgIpc) is 2.34. The van der Waals surface area contributed by atoms with Gasteiger partial charge in [-0.3, -0.25) is 0 Å². The molecule has 0 aromatic heterocycles. The van der Waals surface area contributed by atoms with Crippen LogP contribution in [0.15, 0.2) is 18.2 Å². The van der Waals surface area contributed by atoms with Gasteiger partial charge < -0.3 is 15.8 Å². The van der Waals surface area contributed by atoms with Gasteiger partial charge in [0.15, 0.2) is 11.6 Å². The maximum atomic E-state index is 13.4. The molecule has 0 heterocycles. The van der Waals surface area contributed by atoms with Crippen molar-refractivity contribution >= 4 is 0 Å². The number of unbranched alkanes of at least 4 members (excludes halogenated alkanes) is 1. The molecular formula is C13H21FN2O. The molecule has 1 aromatic rings. The molecule has 17 heavy (non-hydrogen) atoms. The summed E-state index contributed by atoms with van der Waals surface area (Å²) in [5, 5.41) is 3.31. The number of nitrogens with two attached hydrogens (primary N) is 1. The molecule has 96 valence electrons. The van der Waals surface area contributed by atoms with E-state index in [0.29, 0.717) is 5.75 Å². The van der Waals surface area contributed by atoms with E-state index in [4.69, 9.17) is 10.5 Å². The summed E-state index contributed by atoms with van der Waals surface area (Å²) in [5.41, 5.74) is 6.38. The normalized spacial score (nSPS) is 10.5. The van der Waals surface area contributed by atoms with Crippen LogP contribution < -0.4 is 15.8 Å². The van der Waals surface area contributed by atoms with Crippen LogP contribution in [0.1, 0.15) is 18.4 Å². The smallest absolute Gasteiger partial charge is 0.165 e. The zero-order valence-corrected chi connectivity index (χ0v) is 10.3. The van der Waals surface area contributed by atoms with E-state index in [2.05, 4.69) is 5.32 Å². The lowest BCUT2D eigenvalue weighted by Gasteiger charge is -2.06. The molecule has 3 N–H and O–H groups in total. The molecule has 0 spiro atoms. The Kier molecular flexibility index (Phi) is 6.58. The van der Waals surface area contributed by atoms with Crippen molar-refractivity contribution in [3.8, 4) is 5.75 Å². The molecule has 0 aliphatic heterocycles. The van der Waals surface area contributed by atoms with Gasteiger partial charge in [-0.1, -0.05) is 6.07 Å². The van der Waals surface area contributed by atoms with Crippen LogP contribution in [-0.4, -0.2) is 26.7 Å². The second kappa shape index (κ2) is 8.03. The first-order chi connectivity index (χ1) is 8.27. The zero-order chi connectivity index (χ0) is 12.5. The van der Waals surface area contributed by atoms with E-state index in [1.54, 1.807) is 6.07 Å². The van der Waals surface area contributed by atoms with E-state index < -0.39 is 0 Å². The van der Waals surface area contributed by atoms with Gasteiger partial charge in [0.2, 0.25) is 0 Å². The van der Waals surface area contributed by atoms with Gasteiger partial charge in [-0.2, -0.15) is 0 Å². The molecule has 0 bridgehead atoms. The number of methoxy groups -OCH3 is 1. The van der Waals surface area contributed by atoms with Crippen LogP contribution in [0.2, 0.25) is 0 Å². The summed E-state index contributed by atoms with van der Waals surface area (Å²) in [6, 6.07) is 5.09. The predicted molar refractivity (Wildman–Crippen MR) is 67.8 cm³/mol. The highest BCUT2D eigenvalue weighted by molar-refractivity contribution is 5.29. The molecule has 0 fully saturated rings. The minimum Gasteiger partial charge on any atom is -0.494 e. The molecule has 0 unspecified atom stereocenters. The summed E-state index contributed by atoms with van der Waals surface area (Å²) < 4.78 is 18.2. The van der Waals surface area contributed by atoms with Gasteiger partial charge in [0.05, 0.1) is 7.11 Å². The Morgan fingerprint density at radius 1 is 1.29 bits per heavy atom. The number of benzene rings is 1. The highest BCUT2D eigenvalue weighted by Crippen LogP contribution is 2.17. The van der Waals surface area contributed by atoms with Crippen molar-refractivity contribution in [2.24, 2.45) is 5.73 Å². The van der Waals surface area contributed by atoms with Gasteiger partial charge in [0.1, 0.15) is 0 Å². The highest BCUT2D eigenvalue weighted by Gasteiger charge is 2.02. The summed E-state index contributed by atoms with van der Waals surface area (Å²) in [6.07, 6.45) is 2.96. The Hall–Kier alpha value is -1.13. The first-order valence-electron chi connectivity index (χ1n) is 6.01. The second-order valence-electron chi connectivity index (χ2n) is 3.96. The number of hydrogen-bond donors (Lipinski definition) is 2. The largest absolute Gasteiger partial charge is 0.494 e. The average molecular weight is 240 g/mol. The highest BCUT2D eigenvalue weighted by atomic mass is 19.1. The Bertz CT molecular complexity index is 331. The van der Waals surface area contributed by atoms with E-state index >= 15 is 0 Å². The van der Waals surface area contributed by atoms with Crippen molar-refractivity contribution in [1.82, 2.24) is 5.32 Å². The third-order valence-corrected chi connectivity index (χ3v) is 2.61. The van der Waals surface area contributed by atoms with Gasteiger partial charge in [0, 0.05) is 0 Å². The van der Waals surface area contributed by atoms with E-state index in [9.17, 15) is 4.39 Å². The van der Waals surface area contributed by atoms with Crippen LogP contribution in [0, 0.1) is 5.82 Å². The molecule has 1 aromatic carbocycles. The Morgan fingerprint density at radius 3 is 2.76 bits per heavy atom. The van der Waals surface area contributed by atoms with E-state index in [-0.39, 0.29) is 5.82 Å². The zero-order valence-electron chi connectivity index (χ0n) is 10.3. The first-order valence-corrected chi connectivity index (χ1v) is 6.01. The van der Waals surface area contributed by atoms with Crippen molar-refractivity contribution in [3.05, 3.63) is 29.6 Å². The van der Waals surface area contributed by atoms with Gasteiger partial charge in [-0.05, 0) is 56.6 Å². The fourth-order valence-corrected chi connectivity index (χ4v) is 1.62. The molecule has 0 radical (unpaired) electrons. The van der Waals surface area contributed by atoms with Gasteiger partial charge in [-0.15, -0.1) is 0 Å². The molecule has 0 aliphatic rings. The number of hydrogen-bond acceptors (Lipinski definition) is 3. The predicted octanol–water partition coefficient (Wildman–Crippen LogP) is 1.71. The van der Waals surface area contributed by atoms with Crippen LogP contribution in [0.5, 0.6) is 5.75 Å². The quantitative estimate of drug-likeness (QED) is 0.680. The molecule has 4 heteroatoms. The maximum absolute atomic E-state index is 13.4. The number of halogens is 1. The van der Waals surface area contributed by atoms with E-state index in [1.165, 1.54) is 13.2 Å². The summed E-state index contributed by atoms with van der Waals surface area (Å²) in [5.74, 6) is -0.00205. The van der Waals surface area contributed by atoms with E-state index in [0.717, 1.165) is 44.5 Å². The second-order valence-corrected chi connectivity index (χ2v) is 3.96. The molecule has 1 rings (SSSR count). The van der Waals surface area contributed by atoms with Crippen LogP contribution in [0.3, 0.4) is 0 Å².